The highest BCUT2D eigenvalue weighted by atomic mass is 79.9. The van der Waals surface area contributed by atoms with E-state index in [1.165, 1.54) is 6.21 Å². The van der Waals surface area contributed by atoms with Crippen molar-refractivity contribution in [2.24, 2.45) is 5.10 Å². The first-order valence-electron chi connectivity index (χ1n) is 7.24. The zero-order valence-corrected chi connectivity index (χ0v) is 17.7. The molecule has 0 saturated heterocycles. The molecule has 0 unspecified atom stereocenters. The SMILES string of the molecule is C=CCOc1c(Br)cc(C=NNC(=O)c2sc(N)c(C#N)c2C)cc1Br. The van der Waals surface area contributed by atoms with Crippen LogP contribution in [0, 0.1) is 18.3 Å². The van der Waals surface area contributed by atoms with E-state index < -0.39 is 5.91 Å². The summed E-state index contributed by atoms with van der Waals surface area (Å²) in [6, 6.07) is 5.60. The molecule has 1 aromatic heterocycles. The molecule has 6 nitrogen and oxygen atoms in total. The number of benzene rings is 1. The van der Waals surface area contributed by atoms with E-state index in [2.05, 4.69) is 49.0 Å². The third-order valence-electron chi connectivity index (χ3n) is 3.24. The van der Waals surface area contributed by atoms with Gasteiger partial charge in [0.15, 0.2) is 0 Å². The zero-order valence-electron chi connectivity index (χ0n) is 13.7. The second-order valence-corrected chi connectivity index (χ2v) is 7.78. The Balaban J connectivity index is 2.12. The van der Waals surface area contributed by atoms with E-state index in [1.54, 1.807) is 25.1 Å². The van der Waals surface area contributed by atoms with Crippen LogP contribution in [-0.2, 0) is 0 Å². The van der Waals surface area contributed by atoms with Crippen LogP contribution >= 0.6 is 43.2 Å². The van der Waals surface area contributed by atoms with Gasteiger partial charge >= 0.3 is 0 Å². The summed E-state index contributed by atoms with van der Waals surface area (Å²) in [5, 5.41) is 13.3. The van der Waals surface area contributed by atoms with Gasteiger partial charge in [0.05, 0.1) is 20.7 Å². The molecule has 0 fully saturated rings. The predicted octanol–water partition coefficient (Wildman–Crippen LogP) is 4.36. The summed E-state index contributed by atoms with van der Waals surface area (Å²) < 4.78 is 7.02. The molecule has 2 aromatic rings. The summed E-state index contributed by atoms with van der Waals surface area (Å²) in [4.78, 5) is 12.6. The maximum absolute atomic E-state index is 12.2. The lowest BCUT2D eigenvalue weighted by molar-refractivity contribution is 0.0958. The Morgan fingerprint density at radius 3 is 2.69 bits per heavy atom. The van der Waals surface area contributed by atoms with Gasteiger partial charge in [0.1, 0.15) is 28.3 Å². The zero-order chi connectivity index (χ0) is 19.3. The van der Waals surface area contributed by atoms with E-state index in [4.69, 9.17) is 15.7 Å². The second-order valence-electron chi connectivity index (χ2n) is 5.02. The Bertz CT molecular complexity index is 909. The molecule has 2 rings (SSSR count). The van der Waals surface area contributed by atoms with Crippen molar-refractivity contribution in [2.75, 3.05) is 12.3 Å². The quantitative estimate of drug-likeness (QED) is 0.351. The number of nitrogen functional groups attached to an aromatic ring is 1. The number of rotatable bonds is 6. The third-order valence-corrected chi connectivity index (χ3v) is 5.54. The highest BCUT2D eigenvalue weighted by Gasteiger charge is 2.18. The number of thiophene rings is 1. The van der Waals surface area contributed by atoms with E-state index in [0.717, 1.165) is 25.8 Å². The molecule has 1 heterocycles. The van der Waals surface area contributed by atoms with E-state index in [0.29, 0.717) is 33.4 Å². The van der Waals surface area contributed by atoms with Gasteiger partial charge in [-0.3, -0.25) is 4.79 Å². The first-order chi connectivity index (χ1) is 12.4. The van der Waals surface area contributed by atoms with Crippen molar-refractivity contribution >= 4 is 60.3 Å². The van der Waals surface area contributed by atoms with Crippen LogP contribution < -0.4 is 15.9 Å². The number of carbonyl (C=O) groups is 1. The lowest BCUT2D eigenvalue weighted by atomic mass is 10.2. The van der Waals surface area contributed by atoms with Gasteiger partial charge in [0, 0.05) is 0 Å². The van der Waals surface area contributed by atoms with Crippen molar-refractivity contribution in [3.8, 4) is 11.8 Å². The summed E-state index contributed by atoms with van der Waals surface area (Å²) in [7, 11) is 0. The van der Waals surface area contributed by atoms with Crippen molar-refractivity contribution in [1.82, 2.24) is 5.43 Å². The highest BCUT2D eigenvalue weighted by Crippen LogP contribution is 2.34. The minimum absolute atomic E-state index is 0.321. The standard InChI is InChI=1S/C17H14Br2N4O2S/c1-3-4-25-14-12(18)5-10(6-13(14)19)8-22-23-17(24)15-9(2)11(7-20)16(21)26-15/h3,5-6,8H,1,4,21H2,2H3,(H,23,24). The fourth-order valence-corrected chi connectivity index (χ4v) is 4.41. The summed E-state index contributed by atoms with van der Waals surface area (Å²) in [6.07, 6.45) is 3.16. The molecule has 134 valence electrons. The number of anilines is 1. The number of nitrogens with zero attached hydrogens (tertiary/aromatic N) is 2. The molecule has 0 spiro atoms. The summed E-state index contributed by atoms with van der Waals surface area (Å²) >= 11 is 7.93. The molecule has 0 aliphatic carbocycles. The number of nitriles is 1. The van der Waals surface area contributed by atoms with E-state index in [1.807, 2.05) is 6.07 Å². The largest absolute Gasteiger partial charge is 0.487 e. The lowest BCUT2D eigenvalue weighted by Crippen LogP contribution is -2.17. The highest BCUT2D eigenvalue weighted by molar-refractivity contribution is 9.11. The smallest absolute Gasteiger partial charge is 0.281 e. The minimum atomic E-state index is -0.416. The average Bonchev–Trinajstić information content (AvgIpc) is 2.88. The van der Waals surface area contributed by atoms with Crippen LogP contribution in [0.4, 0.5) is 5.00 Å². The normalized spacial score (nSPS) is 10.5. The number of hydrogen-bond donors (Lipinski definition) is 2. The Hall–Kier alpha value is -2.15. The molecule has 3 N–H and O–H groups in total. The van der Waals surface area contributed by atoms with Gasteiger partial charge in [0.25, 0.3) is 5.91 Å². The van der Waals surface area contributed by atoms with Crippen molar-refractivity contribution < 1.29 is 9.53 Å². The first kappa shape index (κ1) is 20.2. The molecule has 0 bridgehead atoms. The minimum Gasteiger partial charge on any atom is -0.487 e. The van der Waals surface area contributed by atoms with Gasteiger partial charge in [-0.25, -0.2) is 5.43 Å². The predicted molar refractivity (Wildman–Crippen MR) is 111 cm³/mol. The average molecular weight is 498 g/mol. The topological polar surface area (TPSA) is 100 Å². The fraction of sp³-hybridized carbons (Fsp3) is 0.118. The van der Waals surface area contributed by atoms with Crippen molar-refractivity contribution in [1.29, 1.82) is 5.26 Å². The molecule has 26 heavy (non-hydrogen) atoms. The van der Waals surface area contributed by atoms with Gasteiger partial charge in [-0.2, -0.15) is 10.4 Å². The number of halogens is 2. The molecule has 0 aliphatic rings. The number of carbonyl (C=O) groups excluding carboxylic acids is 1. The Kier molecular flexibility index (Phi) is 6.97. The Morgan fingerprint density at radius 1 is 1.50 bits per heavy atom. The van der Waals surface area contributed by atoms with Crippen LogP contribution in [0.1, 0.15) is 26.4 Å². The molecule has 1 amide bonds. The number of amides is 1. The summed E-state index contributed by atoms with van der Waals surface area (Å²) in [5.74, 6) is 0.237. The van der Waals surface area contributed by atoms with E-state index in [-0.39, 0.29) is 0 Å². The number of ether oxygens (including phenoxy) is 1. The van der Waals surface area contributed by atoms with Gasteiger partial charge in [-0.05, 0) is 62.0 Å². The number of hydrazone groups is 1. The van der Waals surface area contributed by atoms with Gasteiger partial charge in [-0.1, -0.05) is 12.7 Å². The molecule has 0 radical (unpaired) electrons. The van der Waals surface area contributed by atoms with Crippen LogP contribution in [0.2, 0.25) is 0 Å². The van der Waals surface area contributed by atoms with Crippen molar-refractivity contribution in [2.45, 2.75) is 6.92 Å². The van der Waals surface area contributed by atoms with Crippen LogP contribution in [0.25, 0.3) is 0 Å². The number of nitrogens with two attached hydrogens (primary N) is 1. The third kappa shape index (κ3) is 4.52. The van der Waals surface area contributed by atoms with Crippen molar-refractivity contribution in [3.05, 3.63) is 55.3 Å². The van der Waals surface area contributed by atoms with Crippen molar-refractivity contribution in [3.63, 3.8) is 0 Å². The number of hydrogen-bond acceptors (Lipinski definition) is 6. The van der Waals surface area contributed by atoms with E-state index in [9.17, 15) is 4.79 Å². The molecular weight excluding hydrogens is 484 g/mol. The molecule has 0 atom stereocenters. The van der Waals surface area contributed by atoms with Crippen LogP contribution in [0.15, 0.2) is 38.8 Å². The summed E-state index contributed by atoms with van der Waals surface area (Å²) in [6.45, 7) is 5.68. The molecule has 1 aromatic carbocycles. The Labute approximate surface area is 171 Å². The molecule has 9 heteroatoms. The maximum atomic E-state index is 12.2. The van der Waals surface area contributed by atoms with Gasteiger partial charge in [0.2, 0.25) is 0 Å². The summed E-state index contributed by atoms with van der Waals surface area (Å²) in [5.41, 5.74) is 9.81. The molecular formula is C17H14Br2N4O2S. The van der Waals surface area contributed by atoms with Crippen LogP contribution in [0.3, 0.4) is 0 Å². The Morgan fingerprint density at radius 2 is 2.15 bits per heavy atom. The lowest BCUT2D eigenvalue weighted by Gasteiger charge is -2.09. The molecule has 0 saturated carbocycles. The van der Waals surface area contributed by atoms with Crippen LogP contribution in [-0.4, -0.2) is 18.7 Å². The fourth-order valence-electron chi connectivity index (χ4n) is 2.04. The maximum Gasteiger partial charge on any atom is 0.281 e. The van der Waals surface area contributed by atoms with Crippen LogP contribution in [0.5, 0.6) is 5.75 Å². The monoisotopic (exact) mass is 496 g/mol. The first-order valence-corrected chi connectivity index (χ1v) is 9.64. The van der Waals surface area contributed by atoms with Gasteiger partial charge < -0.3 is 10.5 Å². The second kappa shape index (κ2) is 8.98. The number of nitrogens with one attached hydrogen (secondary N) is 1. The molecule has 0 aliphatic heterocycles. The van der Waals surface area contributed by atoms with Gasteiger partial charge in [-0.15, -0.1) is 11.3 Å². The van der Waals surface area contributed by atoms with E-state index >= 15 is 0 Å².